The molecule has 0 saturated heterocycles. The molecule has 1 aliphatic carbocycles. The lowest BCUT2D eigenvalue weighted by molar-refractivity contribution is -0.113. The van der Waals surface area contributed by atoms with Gasteiger partial charge in [-0.05, 0) is 79.6 Å². The SMILES string of the molecule is CCc1ccc(NC(=O)CSc2nc3sc4c(c3c(=O)n2-c2ccc(OC)cc2)CCCC4)cc1. The van der Waals surface area contributed by atoms with Crippen molar-refractivity contribution in [3.63, 3.8) is 0 Å². The number of benzene rings is 2. The summed E-state index contributed by atoms with van der Waals surface area (Å²) in [4.78, 5) is 33.5. The van der Waals surface area contributed by atoms with Gasteiger partial charge < -0.3 is 10.1 Å². The summed E-state index contributed by atoms with van der Waals surface area (Å²) in [5.41, 5.74) is 3.77. The molecule has 35 heavy (non-hydrogen) atoms. The molecule has 5 rings (SSSR count). The van der Waals surface area contributed by atoms with Crippen molar-refractivity contribution < 1.29 is 9.53 Å². The molecule has 1 N–H and O–H groups in total. The van der Waals surface area contributed by atoms with E-state index in [9.17, 15) is 9.59 Å². The monoisotopic (exact) mass is 505 g/mol. The van der Waals surface area contributed by atoms with Crippen molar-refractivity contribution in [1.82, 2.24) is 9.55 Å². The van der Waals surface area contributed by atoms with Crippen LogP contribution in [0.1, 0.15) is 35.8 Å². The van der Waals surface area contributed by atoms with Crippen LogP contribution in [0.5, 0.6) is 5.75 Å². The number of nitrogens with zero attached hydrogens (tertiary/aromatic N) is 2. The van der Waals surface area contributed by atoms with Gasteiger partial charge in [0.05, 0.1) is 23.9 Å². The summed E-state index contributed by atoms with van der Waals surface area (Å²) < 4.78 is 6.92. The number of ether oxygens (including phenoxy) is 1. The molecule has 0 atom stereocenters. The van der Waals surface area contributed by atoms with E-state index in [4.69, 9.17) is 9.72 Å². The lowest BCUT2D eigenvalue weighted by atomic mass is 9.97. The fraction of sp³-hybridized carbons (Fsp3) is 0.296. The van der Waals surface area contributed by atoms with Crippen molar-refractivity contribution in [2.75, 3.05) is 18.2 Å². The summed E-state index contributed by atoms with van der Waals surface area (Å²) in [7, 11) is 1.61. The van der Waals surface area contributed by atoms with Crippen LogP contribution < -0.4 is 15.6 Å². The molecular formula is C27H27N3O3S2. The third-order valence-electron chi connectivity index (χ3n) is 6.27. The van der Waals surface area contributed by atoms with Gasteiger partial charge in [-0.25, -0.2) is 4.98 Å². The van der Waals surface area contributed by atoms with Crippen molar-refractivity contribution in [1.29, 1.82) is 0 Å². The molecule has 2 aromatic carbocycles. The van der Waals surface area contributed by atoms with E-state index in [2.05, 4.69) is 12.2 Å². The number of anilines is 1. The van der Waals surface area contributed by atoms with E-state index in [1.807, 2.05) is 48.5 Å². The van der Waals surface area contributed by atoms with Crippen LogP contribution in [0.15, 0.2) is 58.5 Å². The van der Waals surface area contributed by atoms with Crippen molar-refractivity contribution in [2.45, 2.75) is 44.2 Å². The second-order valence-electron chi connectivity index (χ2n) is 8.51. The van der Waals surface area contributed by atoms with E-state index in [1.54, 1.807) is 23.0 Å². The Labute approximate surface area is 212 Å². The van der Waals surface area contributed by atoms with Gasteiger partial charge in [0.15, 0.2) is 5.16 Å². The maximum absolute atomic E-state index is 13.8. The molecule has 0 spiro atoms. The van der Waals surface area contributed by atoms with Crippen LogP contribution >= 0.6 is 23.1 Å². The minimum Gasteiger partial charge on any atom is -0.497 e. The van der Waals surface area contributed by atoms with E-state index in [0.717, 1.165) is 53.6 Å². The number of aromatic nitrogens is 2. The van der Waals surface area contributed by atoms with Gasteiger partial charge in [0.2, 0.25) is 5.91 Å². The van der Waals surface area contributed by atoms with Gasteiger partial charge in [-0.3, -0.25) is 14.2 Å². The first-order valence-corrected chi connectivity index (χ1v) is 13.6. The number of aryl methyl sites for hydroxylation is 3. The first kappa shape index (κ1) is 23.6. The first-order chi connectivity index (χ1) is 17.1. The number of hydrogen-bond donors (Lipinski definition) is 1. The first-order valence-electron chi connectivity index (χ1n) is 11.8. The Morgan fingerprint density at radius 1 is 1.11 bits per heavy atom. The maximum Gasteiger partial charge on any atom is 0.267 e. The predicted molar refractivity (Wildman–Crippen MR) is 144 cm³/mol. The lowest BCUT2D eigenvalue weighted by Crippen LogP contribution is -2.23. The zero-order valence-corrected chi connectivity index (χ0v) is 21.4. The third kappa shape index (κ3) is 4.86. The van der Waals surface area contributed by atoms with Crippen molar-refractivity contribution in [2.24, 2.45) is 0 Å². The Kier molecular flexibility index (Phi) is 6.92. The number of amides is 1. The molecule has 2 heterocycles. The molecule has 0 radical (unpaired) electrons. The lowest BCUT2D eigenvalue weighted by Gasteiger charge is -2.14. The van der Waals surface area contributed by atoms with E-state index >= 15 is 0 Å². The summed E-state index contributed by atoms with van der Waals surface area (Å²) >= 11 is 2.90. The highest BCUT2D eigenvalue weighted by atomic mass is 32.2. The average Bonchev–Trinajstić information content (AvgIpc) is 3.27. The highest BCUT2D eigenvalue weighted by Gasteiger charge is 2.23. The highest BCUT2D eigenvalue weighted by Crippen LogP contribution is 2.35. The fourth-order valence-corrected chi connectivity index (χ4v) is 6.51. The molecule has 4 aromatic rings. The molecular weight excluding hydrogens is 478 g/mol. The topological polar surface area (TPSA) is 73.2 Å². The normalized spacial score (nSPS) is 13.0. The minimum absolute atomic E-state index is 0.0716. The molecule has 0 fully saturated rings. The molecule has 0 unspecified atom stereocenters. The van der Waals surface area contributed by atoms with Gasteiger partial charge in [-0.2, -0.15) is 0 Å². The summed E-state index contributed by atoms with van der Waals surface area (Å²) in [5, 5.41) is 4.18. The number of fused-ring (bicyclic) bond motifs is 3. The van der Waals surface area contributed by atoms with Crippen LogP contribution in [0.25, 0.3) is 15.9 Å². The van der Waals surface area contributed by atoms with Crippen molar-refractivity contribution in [3.05, 3.63) is 74.9 Å². The standard InChI is InChI=1S/C27H27N3O3S2/c1-3-17-8-10-18(11-9-17)28-23(31)16-34-27-29-25-24(21-6-4-5-7-22(21)35-25)26(32)30(27)19-12-14-20(33-2)15-13-19/h8-15H,3-7,16H2,1-2H3,(H,28,31). The number of rotatable bonds is 7. The van der Waals surface area contributed by atoms with E-state index in [0.29, 0.717) is 16.6 Å². The number of carbonyl (C=O) groups excluding carboxylic acids is 1. The summed E-state index contributed by atoms with van der Waals surface area (Å²) in [5.74, 6) is 0.723. The molecule has 1 amide bonds. The predicted octanol–water partition coefficient (Wildman–Crippen LogP) is 5.63. The Balaban J connectivity index is 1.48. The number of carbonyl (C=O) groups is 1. The zero-order chi connectivity index (χ0) is 24.4. The maximum atomic E-state index is 13.8. The molecule has 6 nitrogen and oxygen atoms in total. The van der Waals surface area contributed by atoms with Crippen LogP contribution in [0.4, 0.5) is 5.69 Å². The fourth-order valence-electron chi connectivity index (χ4n) is 4.39. The Hall–Kier alpha value is -3.10. The zero-order valence-electron chi connectivity index (χ0n) is 19.8. The van der Waals surface area contributed by atoms with Gasteiger partial charge in [0.1, 0.15) is 10.6 Å². The number of thiophene rings is 1. The summed E-state index contributed by atoms with van der Waals surface area (Å²) in [6, 6.07) is 15.2. The molecule has 8 heteroatoms. The van der Waals surface area contributed by atoms with Crippen LogP contribution in [0, 0.1) is 0 Å². The second-order valence-corrected chi connectivity index (χ2v) is 10.5. The Morgan fingerprint density at radius 3 is 2.57 bits per heavy atom. The van der Waals surface area contributed by atoms with E-state index in [1.165, 1.54) is 22.2 Å². The molecule has 1 aliphatic rings. The quantitative estimate of drug-likeness (QED) is 0.260. The number of thioether (sulfide) groups is 1. The largest absolute Gasteiger partial charge is 0.497 e. The van der Waals surface area contributed by atoms with E-state index < -0.39 is 0 Å². The molecule has 180 valence electrons. The average molecular weight is 506 g/mol. The number of hydrogen-bond acceptors (Lipinski definition) is 6. The van der Waals surface area contributed by atoms with Gasteiger partial charge in [0.25, 0.3) is 5.56 Å². The third-order valence-corrected chi connectivity index (χ3v) is 8.39. The molecule has 2 aromatic heterocycles. The number of nitrogens with one attached hydrogen (secondary N) is 1. The van der Waals surface area contributed by atoms with Gasteiger partial charge in [-0.1, -0.05) is 30.8 Å². The molecule has 0 aliphatic heterocycles. The van der Waals surface area contributed by atoms with Crippen LogP contribution in [-0.2, 0) is 24.1 Å². The van der Waals surface area contributed by atoms with Gasteiger partial charge >= 0.3 is 0 Å². The van der Waals surface area contributed by atoms with Gasteiger partial charge in [0, 0.05) is 10.6 Å². The second kappa shape index (κ2) is 10.3. The molecule has 0 saturated carbocycles. The smallest absolute Gasteiger partial charge is 0.267 e. The van der Waals surface area contributed by atoms with Crippen LogP contribution in [-0.4, -0.2) is 28.3 Å². The van der Waals surface area contributed by atoms with Crippen LogP contribution in [0.2, 0.25) is 0 Å². The molecule has 0 bridgehead atoms. The van der Waals surface area contributed by atoms with Crippen molar-refractivity contribution in [3.8, 4) is 11.4 Å². The number of methoxy groups -OCH3 is 1. The Bertz CT molecular complexity index is 1420. The highest BCUT2D eigenvalue weighted by molar-refractivity contribution is 7.99. The minimum atomic E-state index is -0.139. The summed E-state index contributed by atoms with van der Waals surface area (Å²) in [6.45, 7) is 2.10. The van der Waals surface area contributed by atoms with Crippen molar-refractivity contribution >= 4 is 44.9 Å². The van der Waals surface area contributed by atoms with E-state index in [-0.39, 0.29) is 17.2 Å². The summed E-state index contributed by atoms with van der Waals surface area (Å²) in [6.07, 6.45) is 5.11. The Morgan fingerprint density at radius 2 is 1.86 bits per heavy atom. The van der Waals surface area contributed by atoms with Gasteiger partial charge in [-0.15, -0.1) is 11.3 Å². The van der Waals surface area contributed by atoms with Crippen LogP contribution in [0.3, 0.4) is 0 Å².